The van der Waals surface area contributed by atoms with Crippen LogP contribution in [0.4, 0.5) is 5.69 Å². The van der Waals surface area contributed by atoms with Crippen LogP contribution in [0.25, 0.3) is 0 Å². The van der Waals surface area contributed by atoms with E-state index in [-0.39, 0.29) is 5.91 Å². The predicted molar refractivity (Wildman–Crippen MR) is 67.5 cm³/mol. The second-order valence-electron chi connectivity index (χ2n) is 4.90. The number of hydrogen-bond acceptors (Lipinski definition) is 2. The number of nitrogens with zero attached hydrogens (tertiary/aromatic N) is 1. The fourth-order valence-electron chi connectivity index (χ4n) is 1.58. The van der Waals surface area contributed by atoms with Gasteiger partial charge >= 0.3 is 0 Å². The molecule has 0 bridgehead atoms. The van der Waals surface area contributed by atoms with Gasteiger partial charge in [-0.15, -0.1) is 0 Å². The smallest absolute Gasteiger partial charge is 0.228 e. The molecule has 1 aromatic carbocycles. The van der Waals surface area contributed by atoms with E-state index in [2.05, 4.69) is 0 Å². The van der Waals surface area contributed by atoms with Crippen LogP contribution in [0.3, 0.4) is 0 Å². The van der Waals surface area contributed by atoms with Crippen molar-refractivity contribution in [3.05, 3.63) is 29.8 Å². The molecule has 0 aromatic heterocycles. The number of amides is 1. The predicted octanol–water partition coefficient (Wildman–Crippen LogP) is 2.09. The molecule has 3 heteroatoms. The van der Waals surface area contributed by atoms with Gasteiger partial charge in [-0.05, 0) is 32.4 Å². The van der Waals surface area contributed by atoms with E-state index in [1.165, 1.54) is 0 Å². The maximum absolute atomic E-state index is 12.0. The summed E-state index contributed by atoms with van der Waals surface area (Å²) < 4.78 is 0. The Morgan fingerprint density at radius 3 is 2.44 bits per heavy atom. The molecule has 0 heterocycles. The van der Waals surface area contributed by atoms with E-state index >= 15 is 0 Å². The van der Waals surface area contributed by atoms with Crippen molar-refractivity contribution in [3.8, 4) is 0 Å². The van der Waals surface area contributed by atoms with Gasteiger partial charge in [-0.25, -0.2) is 0 Å². The number of aryl methyl sites for hydroxylation is 1. The number of benzene rings is 1. The monoisotopic (exact) mass is 220 g/mol. The summed E-state index contributed by atoms with van der Waals surface area (Å²) >= 11 is 0. The summed E-state index contributed by atoms with van der Waals surface area (Å²) in [4.78, 5) is 13.6. The second-order valence-corrected chi connectivity index (χ2v) is 4.90. The summed E-state index contributed by atoms with van der Waals surface area (Å²) in [5.41, 5.74) is 7.41. The number of carbonyl (C=O) groups excluding carboxylic acids is 1. The Morgan fingerprint density at radius 1 is 1.38 bits per heavy atom. The molecule has 0 unspecified atom stereocenters. The Hall–Kier alpha value is -1.35. The summed E-state index contributed by atoms with van der Waals surface area (Å²) in [6, 6.07) is 7.83. The van der Waals surface area contributed by atoms with Crippen molar-refractivity contribution in [2.24, 2.45) is 5.73 Å². The normalized spacial score (nSPS) is 11.3. The average molecular weight is 220 g/mol. The molecule has 0 aliphatic rings. The Balaban J connectivity index is 2.83. The van der Waals surface area contributed by atoms with Crippen molar-refractivity contribution in [2.75, 3.05) is 11.9 Å². The van der Waals surface area contributed by atoms with Crippen molar-refractivity contribution in [1.82, 2.24) is 0 Å². The molecule has 0 atom stereocenters. The van der Waals surface area contributed by atoms with Gasteiger partial charge in [-0.3, -0.25) is 4.79 Å². The van der Waals surface area contributed by atoms with Crippen LogP contribution in [-0.4, -0.2) is 18.5 Å². The standard InChI is InChI=1S/C13H20N2O/c1-10-7-5-6-8-11(10)15(4)12(16)9-13(2,3)14/h5-8H,9,14H2,1-4H3. The average Bonchev–Trinajstić information content (AvgIpc) is 2.15. The van der Waals surface area contributed by atoms with E-state index in [0.717, 1.165) is 11.3 Å². The zero-order chi connectivity index (χ0) is 12.3. The molecule has 16 heavy (non-hydrogen) atoms. The molecule has 1 rings (SSSR count). The van der Waals surface area contributed by atoms with Gasteiger partial charge in [0.2, 0.25) is 5.91 Å². The molecule has 1 amide bonds. The van der Waals surface area contributed by atoms with Crippen LogP contribution >= 0.6 is 0 Å². The van der Waals surface area contributed by atoms with E-state index in [1.807, 2.05) is 45.0 Å². The maximum atomic E-state index is 12.0. The first-order chi connectivity index (χ1) is 7.31. The van der Waals surface area contributed by atoms with Crippen LogP contribution in [0.15, 0.2) is 24.3 Å². The van der Waals surface area contributed by atoms with Gasteiger partial charge < -0.3 is 10.6 Å². The molecule has 0 saturated carbocycles. The Labute approximate surface area is 97.2 Å². The largest absolute Gasteiger partial charge is 0.325 e. The Bertz CT molecular complexity index is 380. The third-order valence-corrected chi connectivity index (χ3v) is 2.46. The van der Waals surface area contributed by atoms with Crippen LogP contribution in [-0.2, 0) is 4.79 Å². The highest BCUT2D eigenvalue weighted by molar-refractivity contribution is 5.94. The lowest BCUT2D eigenvalue weighted by Crippen LogP contribution is -2.40. The van der Waals surface area contributed by atoms with Gasteiger partial charge in [0.1, 0.15) is 0 Å². The van der Waals surface area contributed by atoms with Crippen LogP contribution < -0.4 is 10.6 Å². The van der Waals surface area contributed by atoms with Crippen molar-refractivity contribution in [3.63, 3.8) is 0 Å². The van der Waals surface area contributed by atoms with Crippen molar-refractivity contribution >= 4 is 11.6 Å². The lowest BCUT2D eigenvalue weighted by atomic mass is 10.0. The molecule has 2 N–H and O–H groups in total. The van der Waals surface area contributed by atoms with Gasteiger partial charge in [0.25, 0.3) is 0 Å². The zero-order valence-corrected chi connectivity index (χ0v) is 10.4. The molecule has 0 radical (unpaired) electrons. The minimum absolute atomic E-state index is 0.0433. The summed E-state index contributed by atoms with van der Waals surface area (Å²) in [6.45, 7) is 5.71. The van der Waals surface area contributed by atoms with Gasteiger partial charge in [-0.1, -0.05) is 18.2 Å². The Kier molecular flexibility index (Phi) is 3.70. The van der Waals surface area contributed by atoms with E-state index in [1.54, 1.807) is 11.9 Å². The van der Waals surface area contributed by atoms with Gasteiger partial charge in [0, 0.05) is 24.7 Å². The molecule has 3 nitrogen and oxygen atoms in total. The van der Waals surface area contributed by atoms with Crippen LogP contribution in [0, 0.1) is 6.92 Å². The fourth-order valence-corrected chi connectivity index (χ4v) is 1.58. The first-order valence-corrected chi connectivity index (χ1v) is 5.42. The van der Waals surface area contributed by atoms with Crippen LogP contribution in [0.5, 0.6) is 0 Å². The van der Waals surface area contributed by atoms with Gasteiger partial charge in [0.05, 0.1) is 0 Å². The maximum Gasteiger partial charge on any atom is 0.228 e. The second kappa shape index (κ2) is 4.66. The van der Waals surface area contributed by atoms with E-state index in [0.29, 0.717) is 6.42 Å². The number of rotatable bonds is 3. The number of para-hydroxylation sites is 1. The fraction of sp³-hybridized carbons (Fsp3) is 0.462. The molecule has 1 aromatic rings. The molecule has 0 saturated heterocycles. The summed E-state index contributed by atoms with van der Waals surface area (Å²) in [6.07, 6.45) is 0.345. The quantitative estimate of drug-likeness (QED) is 0.847. The highest BCUT2D eigenvalue weighted by Gasteiger charge is 2.20. The van der Waals surface area contributed by atoms with E-state index in [4.69, 9.17) is 5.73 Å². The first-order valence-electron chi connectivity index (χ1n) is 5.42. The SMILES string of the molecule is Cc1ccccc1N(C)C(=O)CC(C)(C)N. The van der Waals surface area contributed by atoms with Crippen molar-refractivity contribution < 1.29 is 4.79 Å². The number of anilines is 1. The first kappa shape index (κ1) is 12.7. The minimum atomic E-state index is -0.464. The molecular weight excluding hydrogens is 200 g/mol. The van der Waals surface area contributed by atoms with E-state index in [9.17, 15) is 4.79 Å². The Morgan fingerprint density at radius 2 is 1.94 bits per heavy atom. The topological polar surface area (TPSA) is 46.3 Å². The van der Waals surface area contributed by atoms with Crippen molar-refractivity contribution in [2.45, 2.75) is 32.7 Å². The third kappa shape index (κ3) is 3.35. The minimum Gasteiger partial charge on any atom is -0.325 e. The highest BCUT2D eigenvalue weighted by Crippen LogP contribution is 2.19. The molecule has 0 spiro atoms. The molecule has 0 fully saturated rings. The van der Waals surface area contributed by atoms with Crippen LogP contribution in [0.2, 0.25) is 0 Å². The number of carbonyl (C=O) groups is 1. The highest BCUT2D eigenvalue weighted by atomic mass is 16.2. The number of nitrogens with two attached hydrogens (primary N) is 1. The van der Waals surface area contributed by atoms with Gasteiger partial charge in [-0.2, -0.15) is 0 Å². The summed E-state index contributed by atoms with van der Waals surface area (Å²) in [5.74, 6) is 0.0433. The molecular formula is C13H20N2O. The lowest BCUT2D eigenvalue weighted by molar-refractivity contribution is -0.119. The zero-order valence-electron chi connectivity index (χ0n) is 10.4. The third-order valence-electron chi connectivity index (χ3n) is 2.46. The lowest BCUT2D eigenvalue weighted by Gasteiger charge is -2.24. The summed E-state index contributed by atoms with van der Waals surface area (Å²) in [5, 5.41) is 0. The molecule has 0 aliphatic carbocycles. The van der Waals surface area contributed by atoms with Crippen LogP contribution in [0.1, 0.15) is 25.8 Å². The summed E-state index contributed by atoms with van der Waals surface area (Å²) in [7, 11) is 1.79. The van der Waals surface area contributed by atoms with Gasteiger partial charge in [0.15, 0.2) is 0 Å². The number of hydrogen-bond donors (Lipinski definition) is 1. The van der Waals surface area contributed by atoms with E-state index < -0.39 is 5.54 Å². The van der Waals surface area contributed by atoms with Crippen molar-refractivity contribution in [1.29, 1.82) is 0 Å². The molecule has 88 valence electrons. The molecule has 0 aliphatic heterocycles.